The van der Waals surface area contributed by atoms with Crippen LogP contribution in [-0.4, -0.2) is 10.9 Å². The molecule has 0 aliphatic carbocycles. The van der Waals surface area contributed by atoms with Gasteiger partial charge in [0.25, 0.3) is 0 Å². The Morgan fingerprint density at radius 3 is 3.20 bits per heavy atom. The quantitative estimate of drug-likeness (QED) is 0.828. The summed E-state index contributed by atoms with van der Waals surface area (Å²) in [4.78, 5) is 14.9. The maximum atomic E-state index is 10.8. The molecule has 4 nitrogen and oxygen atoms in total. The van der Waals surface area contributed by atoms with Crippen molar-refractivity contribution in [3.63, 3.8) is 0 Å². The number of carbonyl (C=O) groups is 1. The van der Waals surface area contributed by atoms with Gasteiger partial charge in [-0.1, -0.05) is 6.92 Å². The summed E-state index contributed by atoms with van der Waals surface area (Å²) in [5, 5.41) is 0.948. The van der Waals surface area contributed by atoms with Crippen molar-refractivity contribution in [2.45, 2.75) is 19.3 Å². The first kappa shape index (κ1) is 9.71. The predicted octanol–water partition coefficient (Wildman–Crippen LogP) is 1.81. The van der Waals surface area contributed by atoms with Crippen LogP contribution in [0.25, 0.3) is 11.1 Å². The molecule has 78 valence electrons. The monoisotopic (exact) mass is 204 g/mol. The number of nitrogens with zero attached hydrogens (tertiary/aromatic N) is 1. The average Bonchev–Trinajstić information content (AvgIpc) is 2.62. The molecule has 15 heavy (non-hydrogen) atoms. The Kier molecular flexibility index (Phi) is 2.41. The van der Waals surface area contributed by atoms with E-state index in [2.05, 4.69) is 4.98 Å². The number of rotatable bonds is 3. The van der Waals surface area contributed by atoms with Crippen LogP contribution in [0, 0.1) is 0 Å². The summed E-state index contributed by atoms with van der Waals surface area (Å²) in [5.74, 6) is -0.205. The predicted molar refractivity (Wildman–Crippen MR) is 56.2 cm³/mol. The number of hydrogen-bond acceptors (Lipinski definition) is 3. The summed E-state index contributed by atoms with van der Waals surface area (Å²) in [6, 6.07) is 3.82. The second kappa shape index (κ2) is 3.73. The Morgan fingerprint density at radius 1 is 1.67 bits per heavy atom. The molecule has 1 amide bonds. The molecule has 0 saturated carbocycles. The van der Waals surface area contributed by atoms with Gasteiger partial charge in [0.15, 0.2) is 0 Å². The highest BCUT2D eigenvalue weighted by atomic mass is 16.3. The summed E-state index contributed by atoms with van der Waals surface area (Å²) in [7, 11) is 0. The second-order valence-electron chi connectivity index (χ2n) is 3.66. The van der Waals surface area contributed by atoms with E-state index in [-0.39, 0.29) is 11.8 Å². The van der Waals surface area contributed by atoms with Crippen molar-refractivity contribution in [2.75, 3.05) is 0 Å². The molecule has 4 heteroatoms. The maximum absolute atomic E-state index is 10.8. The van der Waals surface area contributed by atoms with Crippen molar-refractivity contribution >= 4 is 17.0 Å². The van der Waals surface area contributed by atoms with Gasteiger partial charge < -0.3 is 10.2 Å². The Bertz CT molecular complexity index is 490. The molecule has 2 N–H and O–H groups in total. The van der Waals surface area contributed by atoms with Crippen molar-refractivity contribution in [3.05, 3.63) is 30.2 Å². The van der Waals surface area contributed by atoms with Crippen LogP contribution in [0.2, 0.25) is 0 Å². The minimum Gasteiger partial charge on any atom is -0.446 e. The molecule has 0 fully saturated rings. The van der Waals surface area contributed by atoms with Crippen LogP contribution in [0.3, 0.4) is 0 Å². The van der Waals surface area contributed by atoms with Gasteiger partial charge in [0.2, 0.25) is 11.6 Å². The van der Waals surface area contributed by atoms with Gasteiger partial charge in [0.05, 0.1) is 6.26 Å². The third-order valence-electron chi connectivity index (χ3n) is 2.40. The number of nitrogens with two attached hydrogens (primary N) is 1. The first-order valence-electron chi connectivity index (χ1n) is 4.78. The van der Waals surface area contributed by atoms with Crippen LogP contribution >= 0.6 is 0 Å². The summed E-state index contributed by atoms with van der Waals surface area (Å²) in [5.41, 5.74) is 6.76. The first-order valence-corrected chi connectivity index (χ1v) is 4.78. The standard InChI is InChI=1S/C11H12N2O2/c1-7(4-10(12)14)9-5-8-2-3-15-11(8)13-6-9/h2-3,5-7H,4H2,1H3,(H2,12,14). The van der Waals surface area contributed by atoms with Gasteiger partial charge in [-0.3, -0.25) is 4.79 Å². The Labute approximate surface area is 87.1 Å². The third kappa shape index (κ3) is 1.98. The fraction of sp³-hybridized carbons (Fsp3) is 0.273. The Balaban J connectivity index is 2.30. The van der Waals surface area contributed by atoms with Crippen molar-refractivity contribution in [1.29, 1.82) is 0 Å². The number of carbonyl (C=O) groups excluding carboxylic acids is 1. The molecule has 0 bridgehead atoms. The topological polar surface area (TPSA) is 69.1 Å². The molecule has 0 saturated heterocycles. The van der Waals surface area contributed by atoms with Gasteiger partial charge in [0, 0.05) is 18.0 Å². The average molecular weight is 204 g/mol. The van der Waals surface area contributed by atoms with Crippen molar-refractivity contribution in [3.8, 4) is 0 Å². The van der Waals surface area contributed by atoms with E-state index in [0.717, 1.165) is 10.9 Å². The largest absolute Gasteiger partial charge is 0.446 e. The molecule has 1 atom stereocenters. The van der Waals surface area contributed by atoms with E-state index in [1.807, 2.05) is 19.1 Å². The zero-order chi connectivity index (χ0) is 10.8. The summed E-state index contributed by atoms with van der Waals surface area (Å²) in [6.07, 6.45) is 3.66. The SMILES string of the molecule is CC(CC(N)=O)c1cnc2occc2c1. The number of pyridine rings is 1. The van der Waals surface area contributed by atoms with E-state index in [1.54, 1.807) is 12.5 Å². The van der Waals surface area contributed by atoms with Gasteiger partial charge in [-0.05, 0) is 23.6 Å². The zero-order valence-corrected chi connectivity index (χ0v) is 8.43. The van der Waals surface area contributed by atoms with Gasteiger partial charge in [-0.25, -0.2) is 4.98 Å². The van der Waals surface area contributed by atoms with Crippen molar-refractivity contribution < 1.29 is 9.21 Å². The second-order valence-corrected chi connectivity index (χ2v) is 3.66. The fourth-order valence-electron chi connectivity index (χ4n) is 1.57. The van der Waals surface area contributed by atoms with E-state index in [9.17, 15) is 4.79 Å². The molecule has 2 heterocycles. The summed E-state index contributed by atoms with van der Waals surface area (Å²) in [6.45, 7) is 1.95. The highest BCUT2D eigenvalue weighted by molar-refractivity contribution is 5.76. The Hall–Kier alpha value is -1.84. The summed E-state index contributed by atoms with van der Waals surface area (Å²) >= 11 is 0. The van der Waals surface area contributed by atoms with Gasteiger partial charge >= 0.3 is 0 Å². The number of primary amides is 1. The molecule has 2 aromatic rings. The van der Waals surface area contributed by atoms with E-state index < -0.39 is 0 Å². The molecule has 0 aliphatic heterocycles. The lowest BCUT2D eigenvalue weighted by Gasteiger charge is -2.08. The molecule has 0 aliphatic rings. The molecule has 0 radical (unpaired) electrons. The fourth-order valence-corrected chi connectivity index (χ4v) is 1.57. The number of furan rings is 1. The van der Waals surface area contributed by atoms with Crippen LogP contribution in [0.4, 0.5) is 0 Å². The van der Waals surface area contributed by atoms with Gasteiger partial charge in [-0.2, -0.15) is 0 Å². The number of hydrogen-bond donors (Lipinski definition) is 1. The smallest absolute Gasteiger partial charge is 0.225 e. The van der Waals surface area contributed by atoms with Crippen LogP contribution < -0.4 is 5.73 Å². The van der Waals surface area contributed by atoms with Gasteiger partial charge in [-0.15, -0.1) is 0 Å². The number of aromatic nitrogens is 1. The van der Waals surface area contributed by atoms with Crippen LogP contribution in [0.5, 0.6) is 0 Å². The van der Waals surface area contributed by atoms with Crippen LogP contribution in [0.1, 0.15) is 24.8 Å². The molecule has 1 unspecified atom stereocenters. The number of fused-ring (bicyclic) bond motifs is 1. The highest BCUT2D eigenvalue weighted by Crippen LogP contribution is 2.22. The lowest BCUT2D eigenvalue weighted by Crippen LogP contribution is -2.13. The number of amides is 1. The van der Waals surface area contributed by atoms with Gasteiger partial charge in [0.1, 0.15) is 0 Å². The lowest BCUT2D eigenvalue weighted by molar-refractivity contribution is -0.118. The van der Waals surface area contributed by atoms with E-state index in [1.165, 1.54) is 0 Å². The van der Waals surface area contributed by atoms with Crippen molar-refractivity contribution in [1.82, 2.24) is 4.98 Å². The maximum Gasteiger partial charge on any atom is 0.225 e. The third-order valence-corrected chi connectivity index (χ3v) is 2.40. The van der Waals surface area contributed by atoms with Crippen LogP contribution in [0.15, 0.2) is 29.0 Å². The van der Waals surface area contributed by atoms with E-state index in [0.29, 0.717) is 12.1 Å². The minimum absolute atomic E-state index is 0.0919. The molecule has 2 rings (SSSR count). The highest BCUT2D eigenvalue weighted by Gasteiger charge is 2.10. The van der Waals surface area contributed by atoms with E-state index in [4.69, 9.17) is 10.2 Å². The van der Waals surface area contributed by atoms with Crippen LogP contribution in [-0.2, 0) is 4.79 Å². The molecular weight excluding hydrogens is 192 g/mol. The molecule has 0 aromatic carbocycles. The van der Waals surface area contributed by atoms with E-state index >= 15 is 0 Å². The lowest BCUT2D eigenvalue weighted by atomic mass is 9.99. The molecule has 2 aromatic heterocycles. The Morgan fingerprint density at radius 2 is 2.47 bits per heavy atom. The summed E-state index contributed by atoms with van der Waals surface area (Å²) < 4.78 is 5.13. The zero-order valence-electron chi connectivity index (χ0n) is 8.43. The van der Waals surface area contributed by atoms with Crippen molar-refractivity contribution in [2.24, 2.45) is 5.73 Å². The normalized spacial score (nSPS) is 12.9. The molecule has 0 spiro atoms. The first-order chi connectivity index (χ1) is 7.16. The minimum atomic E-state index is -0.296. The molecular formula is C11H12N2O2.